The van der Waals surface area contributed by atoms with Gasteiger partial charge in [0, 0.05) is 27.1 Å². The van der Waals surface area contributed by atoms with Gasteiger partial charge < -0.3 is 14.6 Å². The smallest absolute Gasteiger partial charge is 0.127 e. The zero-order valence-electron chi connectivity index (χ0n) is 17.8. The molecular weight excluding hydrogens is 455 g/mol. The number of hydrogen-bond acceptors (Lipinski definition) is 3. The van der Waals surface area contributed by atoms with E-state index in [-0.39, 0.29) is 13.0 Å². The molecule has 4 aromatic carbocycles. The molecule has 4 aromatic rings. The summed E-state index contributed by atoms with van der Waals surface area (Å²) in [6, 6.07) is 29.1. The molecule has 0 radical (unpaired) electrons. The van der Waals surface area contributed by atoms with Gasteiger partial charge in [0.15, 0.2) is 0 Å². The first-order chi connectivity index (χ1) is 16.0. The number of ether oxygens (including phenoxy) is 1. The summed E-state index contributed by atoms with van der Waals surface area (Å²) in [7, 11) is 0. The molecule has 166 valence electrons. The second-order valence-corrected chi connectivity index (χ2v) is 8.41. The van der Waals surface area contributed by atoms with Crippen molar-refractivity contribution in [3.8, 4) is 28.0 Å². The van der Waals surface area contributed by atoms with Crippen molar-refractivity contribution in [3.05, 3.63) is 112 Å². The summed E-state index contributed by atoms with van der Waals surface area (Å²) in [6.07, 6.45) is 0.402. The molecule has 0 fully saturated rings. The molecular formula is C28H21Cl2O3-. The van der Waals surface area contributed by atoms with Crippen LogP contribution in [0.5, 0.6) is 5.75 Å². The minimum Gasteiger partial charge on any atom is -0.550 e. The number of hydrogen-bond donors (Lipinski definition) is 0. The molecule has 0 unspecified atom stereocenters. The van der Waals surface area contributed by atoms with Gasteiger partial charge in [0.1, 0.15) is 12.4 Å². The van der Waals surface area contributed by atoms with Crippen LogP contribution in [0.2, 0.25) is 10.0 Å². The SMILES string of the molecule is O=C([O-])CCc1ccccc1-c1cccc(-c2ccccc2OCc2c(Cl)cccc2Cl)c1. The Labute approximate surface area is 203 Å². The minimum absolute atomic E-state index is 0.0159. The van der Waals surface area contributed by atoms with Gasteiger partial charge in [-0.3, -0.25) is 0 Å². The average molecular weight is 476 g/mol. The number of aryl methyl sites for hydroxylation is 1. The summed E-state index contributed by atoms with van der Waals surface area (Å²) < 4.78 is 6.13. The average Bonchev–Trinajstić information content (AvgIpc) is 2.83. The normalized spacial score (nSPS) is 10.7. The van der Waals surface area contributed by atoms with Gasteiger partial charge >= 0.3 is 0 Å². The lowest BCUT2D eigenvalue weighted by atomic mass is 9.94. The second kappa shape index (κ2) is 10.6. The number of rotatable bonds is 8. The van der Waals surface area contributed by atoms with Crippen LogP contribution in [0.1, 0.15) is 17.5 Å². The number of carbonyl (C=O) groups is 1. The molecule has 3 nitrogen and oxygen atoms in total. The Morgan fingerprint density at radius 3 is 2.09 bits per heavy atom. The molecule has 0 spiro atoms. The van der Waals surface area contributed by atoms with Crippen LogP contribution in [0.15, 0.2) is 91.0 Å². The number of halogens is 2. The zero-order chi connectivity index (χ0) is 23.2. The van der Waals surface area contributed by atoms with E-state index in [1.165, 1.54) is 0 Å². The van der Waals surface area contributed by atoms with Gasteiger partial charge in [0.05, 0.1) is 0 Å². The van der Waals surface area contributed by atoms with Crippen LogP contribution < -0.4 is 9.84 Å². The first-order valence-electron chi connectivity index (χ1n) is 10.6. The fourth-order valence-electron chi connectivity index (χ4n) is 3.76. The van der Waals surface area contributed by atoms with Gasteiger partial charge in [-0.2, -0.15) is 0 Å². The van der Waals surface area contributed by atoms with Crippen LogP contribution in [-0.4, -0.2) is 5.97 Å². The minimum atomic E-state index is -1.05. The predicted molar refractivity (Wildman–Crippen MR) is 131 cm³/mol. The first-order valence-corrected chi connectivity index (χ1v) is 11.3. The molecule has 0 atom stereocenters. The summed E-state index contributed by atoms with van der Waals surface area (Å²) >= 11 is 12.6. The maximum Gasteiger partial charge on any atom is 0.127 e. The van der Waals surface area contributed by atoms with Gasteiger partial charge in [-0.05, 0) is 59.4 Å². The van der Waals surface area contributed by atoms with Gasteiger partial charge in [-0.15, -0.1) is 0 Å². The van der Waals surface area contributed by atoms with Gasteiger partial charge in [-0.25, -0.2) is 0 Å². The molecule has 0 aliphatic carbocycles. The summed E-state index contributed by atoms with van der Waals surface area (Å²) in [5.41, 5.74) is 5.65. The number of para-hydroxylation sites is 1. The number of carbonyl (C=O) groups excluding carboxylic acids is 1. The highest BCUT2D eigenvalue weighted by Crippen LogP contribution is 2.35. The maximum atomic E-state index is 11.0. The summed E-state index contributed by atoms with van der Waals surface area (Å²) in [5.74, 6) is -0.334. The molecule has 4 rings (SSSR count). The number of carboxylic acids is 1. The highest BCUT2D eigenvalue weighted by Gasteiger charge is 2.12. The Balaban J connectivity index is 1.65. The highest BCUT2D eigenvalue weighted by atomic mass is 35.5. The van der Waals surface area contributed by atoms with Crippen molar-refractivity contribution in [1.29, 1.82) is 0 Å². The van der Waals surface area contributed by atoms with E-state index in [0.29, 0.717) is 16.5 Å². The monoisotopic (exact) mass is 475 g/mol. The van der Waals surface area contributed by atoms with Crippen LogP contribution in [0.3, 0.4) is 0 Å². The number of benzene rings is 4. The molecule has 0 bridgehead atoms. The Morgan fingerprint density at radius 2 is 1.36 bits per heavy atom. The fourth-order valence-corrected chi connectivity index (χ4v) is 4.27. The molecule has 5 heteroatoms. The quantitative estimate of drug-likeness (QED) is 0.288. The molecule has 0 aromatic heterocycles. The van der Waals surface area contributed by atoms with Crippen LogP contribution in [-0.2, 0) is 17.8 Å². The standard InChI is InChI=1S/C28H22Cl2O3/c29-25-12-6-13-26(30)24(25)18-33-27-14-4-3-11-23(27)21-9-5-8-20(17-21)22-10-2-1-7-19(22)15-16-28(31)32/h1-14,17H,15-16,18H2,(H,31,32)/p-1. The predicted octanol–water partition coefficient (Wildman–Crippen LogP) is 6.59. The zero-order valence-corrected chi connectivity index (χ0v) is 19.3. The fraction of sp³-hybridized carbons (Fsp3) is 0.107. The third-order valence-corrected chi connectivity index (χ3v) is 6.13. The van der Waals surface area contributed by atoms with Crippen molar-refractivity contribution in [3.63, 3.8) is 0 Å². The number of aliphatic carboxylic acids is 1. The third kappa shape index (κ3) is 5.57. The van der Waals surface area contributed by atoms with Crippen molar-refractivity contribution >= 4 is 29.2 Å². The maximum absolute atomic E-state index is 11.0. The molecule has 0 saturated heterocycles. The van der Waals surface area contributed by atoms with Crippen LogP contribution in [0.4, 0.5) is 0 Å². The van der Waals surface area contributed by atoms with E-state index in [2.05, 4.69) is 6.07 Å². The first kappa shape index (κ1) is 22.9. The van der Waals surface area contributed by atoms with E-state index in [4.69, 9.17) is 27.9 Å². The van der Waals surface area contributed by atoms with Crippen molar-refractivity contribution < 1.29 is 14.6 Å². The summed E-state index contributed by atoms with van der Waals surface area (Å²) in [4.78, 5) is 11.0. The molecule has 0 saturated carbocycles. The lowest BCUT2D eigenvalue weighted by Crippen LogP contribution is -2.22. The molecule has 0 N–H and O–H groups in total. The van der Waals surface area contributed by atoms with E-state index in [1.807, 2.05) is 66.7 Å². The van der Waals surface area contributed by atoms with Gasteiger partial charge in [-0.1, -0.05) is 89.9 Å². The summed E-state index contributed by atoms with van der Waals surface area (Å²) in [5, 5.41) is 12.1. The largest absolute Gasteiger partial charge is 0.550 e. The van der Waals surface area contributed by atoms with Crippen molar-refractivity contribution in [2.75, 3.05) is 0 Å². The van der Waals surface area contributed by atoms with Crippen LogP contribution in [0.25, 0.3) is 22.3 Å². The Hall–Kier alpha value is -3.27. The molecule has 0 amide bonds. The second-order valence-electron chi connectivity index (χ2n) is 7.60. The summed E-state index contributed by atoms with van der Waals surface area (Å²) in [6.45, 7) is 0.251. The lowest BCUT2D eigenvalue weighted by Gasteiger charge is -2.15. The molecule has 0 aliphatic rings. The highest BCUT2D eigenvalue weighted by molar-refractivity contribution is 6.35. The van der Waals surface area contributed by atoms with Crippen molar-refractivity contribution in [2.24, 2.45) is 0 Å². The van der Waals surface area contributed by atoms with Crippen molar-refractivity contribution in [1.82, 2.24) is 0 Å². The Bertz CT molecular complexity index is 1260. The Morgan fingerprint density at radius 1 is 0.758 bits per heavy atom. The molecule has 33 heavy (non-hydrogen) atoms. The lowest BCUT2D eigenvalue weighted by molar-refractivity contribution is -0.305. The van der Waals surface area contributed by atoms with E-state index < -0.39 is 5.97 Å². The topological polar surface area (TPSA) is 49.4 Å². The molecule has 0 aliphatic heterocycles. The number of carboxylic acid groups (broad SMARTS) is 1. The van der Waals surface area contributed by atoms with Crippen LogP contribution >= 0.6 is 23.2 Å². The van der Waals surface area contributed by atoms with E-state index >= 15 is 0 Å². The van der Waals surface area contributed by atoms with E-state index in [0.717, 1.165) is 39.1 Å². The van der Waals surface area contributed by atoms with E-state index in [1.54, 1.807) is 18.2 Å². The van der Waals surface area contributed by atoms with Gasteiger partial charge in [0.2, 0.25) is 0 Å². The van der Waals surface area contributed by atoms with Crippen molar-refractivity contribution in [2.45, 2.75) is 19.4 Å². The van der Waals surface area contributed by atoms with E-state index in [9.17, 15) is 9.90 Å². The molecule has 0 heterocycles. The van der Waals surface area contributed by atoms with Gasteiger partial charge in [0.25, 0.3) is 0 Å². The third-order valence-electron chi connectivity index (χ3n) is 5.42. The Kier molecular flexibility index (Phi) is 7.33. The van der Waals surface area contributed by atoms with Crippen LogP contribution in [0, 0.1) is 0 Å².